The molecule has 0 saturated carbocycles. The summed E-state index contributed by atoms with van der Waals surface area (Å²) in [6.07, 6.45) is 10.5. The molecule has 0 heterocycles. The molecule has 0 rings (SSSR count). The number of allylic oxidation sites excluding steroid dienone is 3. The van der Waals surface area contributed by atoms with Gasteiger partial charge in [-0.15, -0.1) is 6.58 Å². The van der Waals surface area contributed by atoms with Crippen molar-refractivity contribution in [2.45, 2.75) is 46.0 Å². The maximum absolute atomic E-state index is 3.70. The summed E-state index contributed by atoms with van der Waals surface area (Å²) in [5.41, 5.74) is 1.51. The Hall–Kier alpha value is -0.520. The number of hydrogen-bond donors (Lipinski definition) is 0. The lowest BCUT2D eigenvalue weighted by Gasteiger charge is -1.96. The van der Waals surface area contributed by atoms with Crippen LogP contribution in [0.4, 0.5) is 0 Å². The summed E-state index contributed by atoms with van der Waals surface area (Å²) in [7, 11) is 0. The maximum Gasteiger partial charge on any atom is -0.0288 e. The highest BCUT2D eigenvalue weighted by Crippen LogP contribution is 2.07. The molecule has 0 atom stereocenters. The van der Waals surface area contributed by atoms with Crippen LogP contribution in [-0.4, -0.2) is 0 Å². The molecule has 11 heavy (non-hydrogen) atoms. The maximum atomic E-state index is 3.70. The lowest BCUT2D eigenvalue weighted by atomic mass is 10.1. The zero-order valence-electron chi connectivity index (χ0n) is 7.90. The van der Waals surface area contributed by atoms with Gasteiger partial charge in [-0.1, -0.05) is 37.5 Å². The first-order chi connectivity index (χ1) is 5.31. The molecule has 0 N–H and O–H groups in total. The molecule has 0 aromatic carbocycles. The summed E-state index contributed by atoms with van der Waals surface area (Å²) in [6, 6.07) is 0. The normalized spacial score (nSPS) is 11.6. The molecule has 0 aromatic rings. The predicted molar refractivity (Wildman–Crippen MR) is 52.7 cm³/mol. The predicted octanol–water partition coefficient (Wildman–Crippen LogP) is 4.09. The lowest BCUT2D eigenvalue weighted by molar-refractivity contribution is 0.804. The SMILES string of the molecule is C=CCCC(C)=CCCCC. The van der Waals surface area contributed by atoms with Crippen molar-refractivity contribution in [2.75, 3.05) is 0 Å². The average Bonchev–Trinajstić information content (AvgIpc) is 2.01. The largest absolute Gasteiger partial charge is 0.103 e. The van der Waals surface area contributed by atoms with E-state index < -0.39 is 0 Å². The summed E-state index contributed by atoms with van der Waals surface area (Å²) >= 11 is 0. The van der Waals surface area contributed by atoms with Gasteiger partial charge in [0.2, 0.25) is 0 Å². The van der Waals surface area contributed by atoms with Gasteiger partial charge in [-0.3, -0.25) is 0 Å². The Labute approximate surface area is 71.0 Å². The zero-order chi connectivity index (χ0) is 8.53. The fourth-order valence-corrected chi connectivity index (χ4v) is 0.984. The third-order valence-electron chi connectivity index (χ3n) is 1.79. The molecule has 64 valence electrons. The Morgan fingerprint density at radius 1 is 1.36 bits per heavy atom. The van der Waals surface area contributed by atoms with E-state index in [4.69, 9.17) is 0 Å². The molecule has 0 unspecified atom stereocenters. The third kappa shape index (κ3) is 7.38. The molecule has 0 radical (unpaired) electrons. The Bertz CT molecular complexity index is 120. The lowest BCUT2D eigenvalue weighted by Crippen LogP contribution is -1.76. The minimum atomic E-state index is 1.12. The van der Waals surface area contributed by atoms with Crippen molar-refractivity contribution >= 4 is 0 Å². The quantitative estimate of drug-likeness (QED) is 0.397. The second-order valence-electron chi connectivity index (χ2n) is 3.02. The molecular formula is C11H20. The van der Waals surface area contributed by atoms with Gasteiger partial charge >= 0.3 is 0 Å². The summed E-state index contributed by atoms with van der Waals surface area (Å²) in [6.45, 7) is 8.14. The van der Waals surface area contributed by atoms with Crippen LogP contribution in [0.5, 0.6) is 0 Å². The minimum Gasteiger partial charge on any atom is -0.103 e. The van der Waals surface area contributed by atoms with Crippen molar-refractivity contribution in [1.82, 2.24) is 0 Å². The van der Waals surface area contributed by atoms with Crippen molar-refractivity contribution in [1.29, 1.82) is 0 Å². The van der Waals surface area contributed by atoms with E-state index in [-0.39, 0.29) is 0 Å². The highest BCUT2D eigenvalue weighted by Gasteiger charge is 1.86. The van der Waals surface area contributed by atoms with Gasteiger partial charge in [-0.05, 0) is 26.2 Å². The molecule has 0 aliphatic carbocycles. The van der Waals surface area contributed by atoms with Crippen LogP contribution in [0.3, 0.4) is 0 Å². The van der Waals surface area contributed by atoms with Crippen LogP contribution >= 0.6 is 0 Å². The molecule has 0 amide bonds. The van der Waals surface area contributed by atoms with Crippen LogP contribution in [-0.2, 0) is 0 Å². The van der Waals surface area contributed by atoms with E-state index in [2.05, 4.69) is 26.5 Å². The first kappa shape index (κ1) is 10.5. The summed E-state index contributed by atoms with van der Waals surface area (Å²) in [5.74, 6) is 0. The standard InChI is InChI=1S/C11H20/c1-4-6-8-10-11(3)9-7-5-2/h5,10H,2,4,6-9H2,1,3H3. The van der Waals surface area contributed by atoms with Gasteiger partial charge in [0.05, 0.1) is 0 Å². The Kier molecular flexibility index (Phi) is 7.23. The molecule has 0 fully saturated rings. The van der Waals surface area contributed by atoms with Gasteiger partial charge in [-0.25, -0.2) is 0 Å². The molecule has 0 spiro atoms. The highest BCUT2D eigenvalue weighted by molar-refractivity contribution is 4.98. The van der Waals surface area contributed by atoms with E-state index in [1.54, 1.807) is 0 Å². The smallest absolute Gasteiger partial charge is 0.0288 e. The third-order valence-corrected chi connectivity index (χ3v) is 1.79. The molecular weight excluding hydrogens is 132 g/mol. The second kappa shape index (κ2) is 7.59. The highest BCUT2D eigenvalue weighted by atomic mass is 13.9. The van der Waals surface area contributed by atoms with Crippen LogP contribution in [0, 0.1) is 0 Å². The van der Waals surface area contributed by atoms with Crippen molar-refractivity contribution in [3.05, 3.63) is 24.3 Å². The molecule has 0 aromatic heterocycles. The van der Waals surface area contributed by atoms with E-state index in [9.17, 15) is 0 Å². The minimum absolute atomic E-state index is 1.12. The molecule has 0 bridgehead atoms. The topological polar surface area (TPSA) is 0 Å². The van der Waals surface area contributed by atoms with Gasteiger partial charge in [0.15, 0.2) is 0 Å². The summed E-state index contributed by atoms with van der Waals surface area (Å²) in [5, 5.41) is 0. The number of hydrogen-bond acceptors (Lipinski definition) is 0. The molecule has 0 nitrogen and oxygen atoms in total. The zero-order valence-corrected chi connectivity index (χ0v) is 7.90. The van der Waals surface area contributed by atoms with Gasteiger partial charge in [0.1, 0.15) is 0 Å². The monoisotopic (exact) mass is 152 g/mol. The van der Waals surface area contributed by atoms with Crippen LogP contribution in [0.25, 0.3) is 0 Å². The fourth-order valence-electron chi connectivity index (χ4n) is 0.984. The van der Waals surface area contributed by atoms with Crippen molar-refractivity contribution in [2.24, 2.45) is 0 Å². The van der Waals surface area contributed by atoms with Crippen LogP contribution in [0.2, 0.25) is 0 Å². The molecule has 0 saturated heterocycles. The van der Waals surface area contributed by atoms with Gasteiger partial charge < -0.3 is 0 Å². The second-order valence-corrected chi connectivity index (χ2v) is 3.02. The van der Waals surface area contributed by atoms with E-state index in [0.29, 0.717) is 0 Å². The van der Waals surface area contributed by atoms with E-state index >= 15 is 0 Å². The van der Waals surface area contributed by atoms with E-state index in [1.807, 2.05) is 6.08 Å². The number of rotatable bonds is 6. The van der Waals surface area contributed by atoms with E-state index in [0.717, 1.165) is 6.42 Å². The van der Waals surface area contributed by atoms with Crippen LogP contribution in [0.1, 0.15) is 46.0 Å². The average molecular weight is 152 g/mol. The van der Waals surface area contributed by atoms with Gasteiger partial charge in [0.25, 0.3) is 0 Å². The number of unbranched alkanes of at least 4 members (excludes halogenated alkanes) is 2. The van der Waals surface area contributed by atoms with E-state index in [1.165, 1.54) is 31.3 Å². The van der Waals surface area contributed by atoms with Crippen LogP contribution < -0.4 is 0 Å². The van der Waals surface area contributed by atoms with Crippen molar-refractivity contribution in [3.8, 4) is 0 Å². The summed E-state index contributed by atoms with van der Waals surface area (Å²) < 4.78 is 0. The van der Waals surface area contributed by atoms with Crippen molar-refractivity contribution in [3.63, 3.8) is 0 Å². The Morgan fingerprint density at radius 3 is 2.64 bits per heavy atom. The fraction of sp³-hybridized carbons (Fsp3) is 0.636. The van der Waals surface area contributed by atoms with Gasteiger partial charge in [0, 0.05) is 0 Å². The van der Waals surface area contributed by atoms with Gasteiger partial charge in [-0.2, -0.15) is 0 Å². The summed E-state index contributed by atoms with van der Waals surface area (Å²) in [4.78, 5) is 0. The Balaban J connectivity index is 3.37. The van der Waals surface area contributed by atoms with Crippen LogP contribution in [0.15, 0.2) is 24.3 Å². The first-order valence-corrected chi connectivity index (χ1v) is 4.57. The molecule has 0 heteroatoms. The molecule has 0 aliphatic rings. The molecule has 0 aliphatic heterocycles. The first-order valence-electron chi connectivity index (χ1n) is 4.57. The Morgan fingerprint density at radius 2 is 2.09 bits per heavy atom. The van der Waals surface area contributed by atoms with Crippen molar-refractivity contribution < 1.29 is 0 Å².